The van der Waals surface area contributed by atoms with Gasteiger partial charge in [-0.05, 0) is 54.2 Å². The Morgan fingerprint density at radius 1 is 1.06 bits per heavy atom. The molecule has 2 aromatic carbocycles. The van der Waals surface area contributed by atoms with Gasteiger partial charge in [-0.15, -0.1) is 0 Å². The van der Waals surface area contributed by atoms with Gasteiger partial charge < -0.3 is 10.2 Å². The molecule has 0 spiro atoms. The molecule has 0 bridgehead atoms. The molecule has 6 heteroatoms. The number of nitrogens with zero attached hydrogens (tertiary/aromatic N) is 4. The zero-order valence-electron chi connectivity index (χ0n) is 20.7. The molecule has 2 aliphatic rings. The molecule has 0 atom stereocenters. The average Bonchev–Trinajstić information content (AvgIpc) is 3.35. The minimum Gasteiger partial charge on any atom is -0.353 e. The normalized spacial score (nSPS) is 15.9. The number of hydrogen-bond donors (Lipinski definition) is 1. The highest BCUT2D eigenvalue weighted by atomic mass is 16.2. The molecule has 180 valence electrons. The van der Waals surface area contributed by atoms with Crippen LogP contribution in [0.4, 0.5) is 11.5 Å². The van der Waals surface area contributed by atoms with Crippen LogP contribution in [-0.2, 0) is 24.1 Å². The number of amides is 1. The van der Waals surface area contributed by atoms with Crippen molar-refractivity contribution >= 4 is 28.2 Å². The maximum Gasteiger partial charge on any atom is 0.238 e. The van der Waals surface area contributed by atoms with Gasteiger partial charge in [-0.2, -0.15) is 5.26 Å². The fraction of sp³-hybridized carbons (Fsp3) is 0.414. The van der Waals surface area contributed by atoms with Crippen LogP contribution in [0.2, 0.25) is 0 Å². The number of carbonyl (C=O) groups is 1. The minimum absolute atomic E-state index is 0.00222. The first kappa shape index (κ1) is 23.3. The number of fused-ring (bicyclic) bond motifs is 2. The lowest BCUT2D eigenvalue weighted by atomic mass is 9.97. The van der Waals surface area contributed by atoms with Crippen LogP contribution in [0.3, 0.4) is 0 Å². The predicted octanol–water partition coefficient (Wildman–Crippen LogP) is 4.55. The number of nitriles is 1. The van der Waals surface area contributed by atoms with Gasteiger partial charge >= 0.3 is 0 Å². The standard InChI is InChI=1S/C29H33N5O/c1-20(2)17-27-24-11-6-10-23(24)25(18-30)29(32-27)34-15-13-33(14-16-34)19-28(35)31-26-12-5-8-21-7-3-4-9-22(21)26/h3-5,7-9,12,20H,6,10-11,13-17,19H2,1-2H3,(H,31,35). The molecule has 1 aromatic heterocycles. The number of piperazine rings is 1. The Bertz CT molecular complexity index is 1280. The molecular formula is C29H33N5O. The van der Waals surface area contributed by atoms with Gasteiger partial charge in [-0.3, -0.25) is 9.69 Å². The van der Waals surface area contributed by atoms with E-state index in [1.165, 1.54) is 16.8 Å². The number of aromatic nitrogens is 1. The maximum atomic E-state index is 12.8. The topological polar surface area (TPSA) is 72.3 Å². The van der Waals surface area contributed by atoms with Gasteiger partial charge in [0.05, 0.1) is 12.1 Å². The molecule has 6 nitrogen and oxygen atoms in total. The summed E-state index contributed by atoms with van der Waals surface area (Å²) in [6.07, 6.45) is 4.08. The predicted molar refractivity (Wildman–Crippen MR) is 141 cm³/mol. The van der Waals surface area contributed by atoms with Gasteiger partial charge in [-0.1, -0.05) is 50.2 Å². The second-order valence-corrected chi connectivity index (χ2v) is 10.1. The highest BCUT2D eigenvalue weighted by Crippen LogP contribution is 2.34. The summed E-state index contributed by atoms with van der Waals surface area (Å²) in [7, 11) is 0. The van der Waals surface area contributed by atoms with E-state index in [0.717, 1.165) is 79.7 Å². The molecule has 3 aromatic rings. The van der Waals surface area contributed by atoms with Gasteiger partial charge in [0.25, 0.3) is 0 Å². The molecule has 1 fully saturated rings. The molecule has 0 saturated carbocycles. The number of benzene rings is 2. The molecule has 0 radical (unpaired) electrons. The number of pyridine rings is 1. The summed E-state index contributed by atoms with van der Waals surface area (Å²) < 4.78 is 0. The summed E-state index contributed by atoms with van der Waals surface area (Å²) in [4.78, 5) is 22.3. The lowest BCUT2D eigenvalue weighted by molar-refractivity contribution is -0.117. The highest BCUT2D eigenvalue weighted by molar-refractivity contribution is 6.02. The van der Waals surface area contributed by atoms with Crippen LogP contribution < -0.4 is 10.2 Å². The first-order chi connectivity index (χ1) is 17.0. The van der Waals surface area contributed by atoms with E-state index in [9.17, 15) is 10.1 Å². The Hall–Kier alpha value is -3.43. The van der Waals surface area contributed by atoms with E-state index in [1.54, 1.807) is 0 Å². The van der Waals surface area contributed by atoms with Crippen molar-refractivity contribution in [1.82, 2.24) is 9.88 Å². The zero-order valence-corrected chi connectivity index (χ0v) is 20.7. The third-order valence-electron chi connectivity index (χ3n) is 7.15. The molecule has 2 heterocycles. The van der Waals surface area contributed by atoms with Crippen LogP contribution in [0, 0.1) is 17.2 Å². The summed E-state index contributed by atoms with van der Waals surface area (Å²) in [6, 6.07) is 16.5. The van der Waals surface area contributed by atoms with Crippen LogP contribution >= 0.6 is 0 Å². The first-order valence-electron chi connectivity index (χ1n) is 12.7. The quantitative estimate of drug-likeness (QED) is 0.576. The van der Waals surface area contributed by atoms with Crippen LogP contribution in [0.5, 0.6) is 0 Å². The van der Waals surface area contributed by atoms with Crippen molar-refractivity contribution in [2.75, 3.05) is 42.9 Å². The molecule has 1 saturated heterocycles. The second kappa shape index (κ2) is 10.1. The van der Waals surface area contributed by atoms with Crippen LogP contribution in [0.25, 0.3) is 10.8 Å². The van der Waals surface area contributed by atoms with Crippen molar-refractivity contribution in [1.29, 1.82) is 5.26 Å². The van der Waals surface area contributed by atoms with Gasteiger partial charge in [0.15, 0.2) is 0 Å². The monoisotopic (exact) mass is 467 g/mol. The lowest BCUT2D eigenvalue weighted by Gasteiger charge is -2.36. The fourth-order valence-corrected chi connectivity index (χ4v) is 5.47. The molecule has 35 heavy (non-hydrogen) atoms. The van der Waals surface area contributed by atoms with Crippen molar-refractivity contribution < 1.29 is 4.79 Å². The number of carbonyl (C=O) groups excluding carboxylic acids is 1. The van der Waals surface area contributed by atoms with Crippen LogP contribution in [0.1, 0.15) is 42.7 Å². The molecule has 5 rings (SSSR count). The SMILES string of the molecule is CC(C)Cc1nc(N2CCN(CC(=O)Nc3cccc4ccccc34)CC2)c(C#N)c2c1CCC2. The number of nitrogens with one attached hydrogen (secondary N) is 1. The van der Waals surface area contributed by atoms with E-state index in [1.807, 2.05) is 30.3 Å². The van der Waals surface area contributed by atoms with Gasteiger partial charge in [0.1, 0.15) is 11.9 Å². The second-order valence-electron chi connectivity index (χ2n) is 10.1. The molecule has 1 aliphatic carbocycles. The Labute approximate surface area is 207 Å². The Kier molecular flexibility index (Phi) is 6.70. The number of hydrogen-bond acceptors (Lipinski definition) is 5. The largest absolute Gasteiger partial charge is 0.353 e. The summed E-state index contributed by atoms with van der Waals surface area (Å²) in [5.74, 6) is 1.39. The van der Waals surface area contributed by atoms with E-state index in [2.05, 4.69) is 47.2 Å². The number of anilines is 2. The molecular weight excluding hydrogens is 434 g/mol. The Morgan fingerprint density at radius 3 is 2.57 bits per heavy atom. The molecule has 1 aliphatic heterocycles. The number of rotatable bonds is 6. The van der Waals surface area contributed by atoms with E-state index in [4.69, 9.17) is 4.98 Å². The molecule has 0 unspecified atom stereocenters. The van der Waals surface area contributed by atoms with Crippen molar-refractivity contribution in [2.45, 2.75) is 39.5 Å². The summed E-state index contributed by atoms with van der Waals surface area (Å²) >= 11 is 0. The van der Waals surface area contributed by atoms with Gasteiger partial charge in [-0.25, -0.2) is 4.98 Å². The third-order valence-corrected chi connectivity index (χ3v) is 7.15. The van der Waals surface area contributed by atoms with Gasteiger partial charge in [0, 0.05) is 42.9 Å². The van der Waals surface area contributed by atoms with Crippen molar-refractivity contribution in [3.05, 3.63) is 64.8 Å². The zero-order chi connectivity index (χ0) is 24.4. The fourth-order valence-electron chi connectivity index (χ4n) is 5.47. The molecule has 1 N–H and O–H groups in total. The van der Waals surface area contributed by atoms with Crippen molar-refractivity contribution in [2.24, 2.45) is 5.92 Å². The Balaban J connectivity index is 1.26. The smallest absolute Gasteiger partial charge is 0.238 e. The minimum atomic E-state index is 0.00222. The van der Waals surface area contributed by atoms with E-state index in [-0.39, 0.29) is 5.91 Å². The maximum absolute atomic E-state index is 12.8. The highest BCUT2D eigenvalue weighted by Gasteiger charge is 2.28. The Morgan fingerprint density at radius 2 is 1.80 bits per heavy atom. The van der Waals surface area contributed by atoms with Crippen molar-refractivity contribution in [3.63, 3.8) is 0 Å². The van der Waals surface area contributed by atoms with Crippen LogP contribution in [0.15, 0.2) is 42.5 Å². The average molecular weight is 468 g/mol. The summed E-state index contributed by atoms with van der Waals surface area (Å²) in [5.41, 5.74) is 5.35. The third kappa shape index (κ3) is 4.87. The lowest BCUT2D eigenvalue weighted by Crippen LogP contribution is -2.49. The first-order valence-corrected chi connectivity index (χ1v) is 12.7. The van der Waals surface area contributed by atoms with E-state index < -0.39 is 0 Å². The molecule has 1 amide bonds. The van der Waals surface area contributed by atoms with Crippen molar-refractivity contribution in [3.8, 4) is 6.07 Å². The summed E-state index contributed by atoms with van der Waals surface area (Å²) in [5, 5.41) is 15.3. The van der Waals surface area contributed by atoms with Gasteiger partial charge in [0.2, 0.25) is 5.91 Å². The van der Waals surface area contributed by atoms with E-state index >= 15 is 0 Å². The van der Waals surface area contributed by atoms with Crippen LogP contribution in [-0.4, -0.2) is 48.5 Å². The van der Waals surface area contributed by atoms with E-state index in [0.29, 0.717) is 12.5 Å². The summed E-state index contributed by atoms with van der Waals surface area (Å²) in [6.45, 7) is 7.88.